The van der Waals surface area contributed by atoms with E-state index in [0.29, 0.717) is 0 Å². The Morgan fingerprint density at radius 1 is 1.09 bits per heavy atom. The molecule has 0 radical (unpaired) electrons. The zero-order chi connectivity index (χ0) is 17.0. The van der Waals surface area contributed by atoms with Crippen molar-refractivity contribution in [1.82, 2.24) is 5.32 Å². The van der Waals surface area contributed by atoms with Gasteiger partial charge in [-0.15, -0.1) is 0 Å². The fourth-order valence-electron chi connectivity index (χ4n) is 1.92. The highest BCUT2D eigenvalue weighted by molar-refractivity contribution is 5.78. The van der Waals surface area contributed by atoms with Crippen LogP contribution in [0.3, 0.4) is 0 Å². The zero-order valence-electron chi connectivity index (χ0n) is 12.1. The molecule has 0 aliphatic heterocycles. The molecule has 0 bridgehead atoms. The van der Waals surface area contributed by atoms with Crippen LogP contribution in [0.4, 0.5) is 17.6 Å². The Bertz CT molecular complexity index is 681. The Hall–Kier alpha value is -2.57. The van der Waals surface area contributed by atoms with Crippen LogP contribution in [0.5, 0.6) is 5.75 Å². The van der Waals surface area contributed by atoms with Crippen molar-refractivity contribution in [2.24, 2.45) is 0 Å². The van der Waals surface area contributed by atoms with Gasteiger partial charge in [0.15, 0.2) is 24.0 Å². The molecular formula is C16H13F4NO2. The summed E-state index contributed by atoms with van der Waals surface area (Å²) in [6.07, 6.45) is 0. The standard InChI is InChI=1S/C16H13F4NO2/c1-9(10-5-3-2-4-6-10)21-13(22)8-23-16-14(19)11(17)7-12(18)15(16)20/h2-7,9H,8H2,1H3,(H,21,22)/t9-/m1/s1. The maximum Gasteiger partial charge on any atom is 0.258 e. The third-order valence-corrected chi connectivity index (χ3v) is 3.10. The normalized spacial score (nSPS) is 11.9. The molecular weight excluding hydrogens is 314 g/mol. The fraction of sp³-hybridized carbons (Fsp3) is 0.188. The molecule has 0 aliphatic carbocycles. The number of carbonyl (C=O) groups is 1. The second-order valence-electron chi connectivity index (χ2n) is 4.79. The lowest BCUT2D eigenvalue weighted by atomic mass is 10.1. The first-order valence-corrected chi connectivity index (χ1v) is 6.70. The van der Waals surface area contributed by atoms with E-state index in [9.17, 15) is 22.4 Å². The van der Waals surface area contributed by atoms with Crippen LogP contribution in [0.1, 0.15) is 18.5 Å². The number of halogens is 4. The summed E-state index contributed by atoms with van der Waals surface area (Å²) < 4.78 is 57.4. The molecule has 0 fully saturated rings. The highest BCUT2D eigenvalue weighted by Crippen LogP contribution is 2.26. The van der Waals surface area contributed by atoms with Gasteiger partial charge in [0, 0.05) is 6.07 Å². The molecule has 0 unspecified atom stereocenters. The second kappa shape index (κ2) is 7.13. The van der Waals surface area contributed by atoms with Gasteiger partial charge in [-0.1, -0.05) is 30.3 Å². The summed E-state index contributed by atoms with van der Waals surface area (Å²) in [5.74, 6) is -8.52. The summed E-state index contributed by atoms with van der Waals surface area (Å²) in [4.78, 5) is 11.7. The van der Waals surface area contributed by atoms with Gasteiger partial charge in [-0.25, -0.2) is 8.78 Å². The number of rotatable bonds is 5. The maximum absolute atomic E-state index is 13.4. The van der Waals surface area contributed by atoms with E-state index in [1.165, 1.54) is 0 Å². The number of carbonyl (C=O) groups excluding carboxylic acids is 1. The van der Waals surface area contributed by atoms with Crippen LogP contribution < -0.4 is 10.1 Å². The number of nitrogens with one attached hydrogen (secondary N) is 1. The van der Waals surface area contributed by atoms with Crippen molar-refractivity contribution in [1.29, 1.82) is 0 Å². The summed E-state index contributed by atoms with van der Waals surface area (Å²) >= 11 is 0. The Morgan fingerprint density at radius 2 is 1.65 bits per heavy atom. The number of benzene rings is 2. The van der Waals surface area contributed by atoms with Gasteiger partial charge in [-0.3, -0.25) is 4.79 Å². The molecule has 0 saturated carbocycles. The van der Waals surface area contributed by atoms with Crippen molar-refractivity contribution in [3.63, 3.8) is 0 Å². The molecule has 1 atom stereocenters. The van der Waals surface area contributed by atoms with Crippen molar-refractivity contribution in [3.8, 4) is 5.75 Å². The first-order chi connectivity index (χ1) is 10.9. The quantitative estimate of drug-likeness (QED) is 0.674. The lowest BCUT2D eigenvalue weighted by Gasteiger charge is -2.15. The molecule has 2 aromatic rings. The van der Waals surface area contributed by atoms with Crippen LogP contribution in [0, 0.1) is 23.3 Å². The molecule has 7 heteroatoms. The molecule has 23 heavy (non-hydrogen) atoms. The minimum Gasteiger partial charge on any atom is -0.477 e. The van der Waals surface area contributed by atoms with E-state index in [-0.39, 0.29) is 12.1 Å². The van der Waals surface area contributed by atoms with Gasteiger partial charge >= 0.3 is 0 Å². The van der Waals surface area contributed by atoms with Crippen LogP contribution in [-0.4, -0.2) is 12.5 Å². The summed E-state index contributed by atoms with van der Waals surface area (Å²) in [6.45, 7) is 0.921. The van der Waals surface area contributed by atoms with E-state index in [2.05, 4.69) is 10.1 Å². The van der Waals surface area contributed by atoms with Crippen LogP contribution in [0.15, 0.2) is 36.4 Å². The van der Waals surface area contributed by atoms with Gasteiger partial charge in [-0.05, 0) is 12.5 Å². The average molecular weight is 327 g/mol. The van der Waals surface area contributed by atoms with Gasteiger partial charge < -0.3 is 10.1 Å². The Kier molecular flexibility index (Phi) is 5.20. The number of hydrogen-bond donors (Lipinski definition) is 1. The van der Waals surface area contributed by atoms with Gasteiger partial charge in [0.05, 0.1) is 6.04 Å². The van der Waals surface area contributed by atoms with Crippen LogP contribution in [0.25, 0.3) is 0 Å². The predicted octanol–water partition coefficient (Wildman–Crippen LogP) is 3.50. The van der Waals surface area contributed by atoms with Crippen LogP contribution >= 0.6 is 0 Å². The number of hydrogen-bond acceptors (Lipinski definition) is 2. The first kappa shape index (κ1) is 16.8. The van der Waals surface area contributed by atoms with Crippen LogP contribution in [0.2, 0.25) is 0 Å². The molecule has 1 amide bonds. The third-order valence-electron chi connectivity index (χ3n) is 3.10. The lowest BCUT2D eigenvalue weighted by Crippen LogP contribution is -2.31. The molecule has 0 saturated heterocycles. The molecule has 0 aromatic heterocycles. The highest BCUT2D eigenvalue weighted by Gasteiger charge is 2.21. The molecule has 0 heterocycles. The SMILES string of the molecule is C[C@@H](NC(=O)COc1c(F)c(F)cc(F)c1F)c1ccccc1. The highest BCUT2D eigenvalue weighted by atomic mass is 19.2. The maximum atomic E-state index is 13.4. The van der Waals surface area contributed by atoms with Crippen molar-refractivity contribution < 1.29 is 27.1 Å². The summed E-state index contributed by atoms with van der Waals surface area (Å²) in [6, 6.07) is 8.65. The number of amides is 1. The largest absolute Gasteiger partial charge is 0.477 e. The summed E-state index contributed by atoms with van der Waals surface area (Å²) in [7, 11) is 0. The fourth-order valence-corrected chi connectivity index (χ4v) is 1.92. The molecule has 2 rings (SSSR count). The zero-order valence-corrected chi connectivity index (χ0v) is 12.1. The molecule has 0 spiro atoms. The van der Waals surface area contributed by atoms with E-state index in [1.54, 1.807) is 31.2 Å². The van der Waals surface area contributed by atoms with Crippen molar-refractivity contribution in [2.45, 2.75) is 13.0 Å². The first-order valence-electron chi connectivity index (χ1n) is 6.70. The Labute approximate surface area is 129 Å². The monoisotopic (exact) mass is 327 g/mol. The summed E-state index contributed by atoms with van der Waals surface area (Å²) in [5.41, 5.74) is 0.815. The Balaban J connectivity index is 2.00. The minimum absolute atomic E-state index is 0.0646. The van der Waals surface area contributed by atoms with Gasteiger partial charge in [-0.2, -0.15) is 8.78 Å². The van der Waals surface area contributed by atoms with E-state index < -0.39 is 41.5 Å². The number of ether oxygens (including phenoxy) is 1. The van der Waals surface area contributed by atoms with Gasteiger partial charge in [0.2, 0.25) is 11.6 Å². The topological polar surface area (TPSA) is 38.3 Å². The third kappa shape index (κ3) is 4.00. The van der Waals surface area contributed by atoms with Gasteiger partial charge in [0.1, 0.15) is 0 Å². The van der Waals surface area contributed by atoms with Crippen LogP contribution in [-0.2, 0) is 4.79 Å². The second-order valence-corrected chi connectivity index (χ2v) is 4.79. The van der Waals surface area contributed by atoms with Crippen molar-refractivity contribution in [2.75, 3.05) is 6.61 Å². The summed E-state index contributed by atoms with van der Waals surface area (Å²) in [5, 5.41) is 2.54. The molecule has 122 valence electrons. The Morgan fingerprint density at radius 3 is 2.22 bits per heavy atom. The predicted molar refractivity (Wildman–Crippen MR) is 74.8 cm³/mol. The molecule has 0 aliphatic rings. The van der Waals surface area contributed by atoms with E-state index >= 15 is 0 Å². The average Bonchev–Trinajstić information content (AvgIpc) is 2.53. The van der Waals surface area contributed by atoms with E-state index in [1.807, 2.05) is 6.07 Å². The van der Waals surface area contributed by atoms with E-state index in [0.717, 1.165) is 5.56 Å². The lowest BCUT2D eigenvalue weighted by molar-refractivity contribution is -0.123. The molecule has 1 N–H and O–H groups in total. The molecule has 2 aromatic carbocycles. The minimum atomic E-state index is -1.69. The van der Waals surface area contributed by atoms with Crippen molar-refractivity contribution >= 4 is 5.91 Å². The van der Waals surface area contributed by atoms with Gasteiger partial charge in [0.25, 0.3) is 5.91 Å². The van der Waals surface area contributed by atoms with E-state index in [4.69, 9.17) is 0 Å². The smallest absolute Gasteiger partial charge is 0.258 e. The molecule has 3 nitrogen and oxygen atoms in total. The van der Waals surface area contributed by atoms with Crippen molar-refractivity contribution in [3.05, 3.63) is 65.2 Å².